The third-order valence-corrected chi connectivity index (χ3v) is 2.62. The van der Waals surface area contributed by atoms with Gasteiger partial charge in [-0.25, -0.2) is 4.39 Å². The van der Waals surface area contributed by atoms with Gasteiger partial charge in [0.15, 0.2) is 0 Å². The molecule has 19 heavy (non-hydrogen) atoms. The molecule has 0 aliphatic rings. The van der Waals surface area contributed by atoms with Crippen molar-refractivity contribution in [2.75, 3.05) is 5.32 Å². The standard InChI is InChI=1S/C11H10F2N4O2/c1-16-7(2-3-15-16)6-14-10-5-11(17(18)19)9(13)4-8(10)12/h2-5,14H,6H2,1H3. The summed E-state index contributed by atoms with van der Waals surface area (Å²) < 4.78 is 28.2. The molecule has 0 atom stereocenters. The first kappa shape index (κ1) is 12.9. The van der Waals surface area contributed by atoms with E-state index in [1.165, 1.54) is 0 Å². The van der Waals surface area contributed by atoms with Crippen molar-refractivity contribution in [1.29, 1.82) is 0 Å². The lowest BCUT2D eigenvalue weighted by Crippen LogP contribution is -2.07. The van der Waals surface area contributed by atoms with Gasteiger partial charge < -0.3 is 5.32 Å². The lowest BCUT2D eigenvalue weighted by Gasteiger charge is -2.08. The Morgan fingerprint density at radius 3 is 2.74 bits per heavy atom. The molecule has 1 heterocycles. The maximum atomic E-state index is 13.5. The number of rotatable bonds is 4. The molecule has 0 spiro atoms. The van der Waals surface area contributed by atoms with Crippen LogP contribution in [0.5, 0.6) is 0 Å². The summed E-state index contributed by atoms with van der Waals surface area (Å²) in [6.45, 7) is 0.218. The molecule has 0 amide bonds. The van der Waals surface area contributed by atoms with E-state index >= 15 is 0 Å². The van der Waals surface area contributed by atoms with Crippen LogP contribution in [0.1, 0.15) is 5.69 Å². The van der Waals surface area contributed by atoms with Crippen molar-refractivity contribution in [3.8, 4) is 0 Å². The van der Waals surface area contributed by atoms with Crippen molar-refractivity contribution in [1.82, 2.24) is 9.78 Å². The smallest absolute Gasteiger partial charge is 0.307 e. The van der Waals surface area contributed by atoms with Crippen LogP contribution in [-0.2, 0) is 13.6 Å². The third kappa shape index (κ3) is 2.67. The summed E-state index contributed by atoms with van der Waals surface area (Å²) >= 11 is 0. The normalized spacial score (nSPS) is 10.5. The quantitative estimate of drug-likeness (QED) is 0.681. The minimum atomic E-state index is -1.20. The molecule has 100 valence electrons. The summed E-state index contributed by atoms with van der Waals surface area (Å²) in [6.07, 6.45) is 1.57. The van der Waals surface area contributed by atoms with Gasteiger partial charge in [0.05, 0.1) is 22.8 Å². The number of nitrogens with one attached hydrogen (secondary N) is 1. The second kappa shape index (κ2) is 5.01. The van der Waals surface area contributed by atoms with Crippen LogP contribution < -0.4 is 5.32 Å². The summed E-state index contributed by atoms with van der Waals surface area (Å²) in [5.41, 5.74) is -0.144. The molecule has 0 saturated heterocycles. The van der Waals surface area contributed by atoms with E-state index < -0.39 is 22.2 Å². The fourth-order valence-electron chi connectivity index (χ4n) is 1.57. The Morgan fingerprint density at radius 1 is 1.42 bits per heavy atom. The summed E-state index contributed by atoms with van der Waals surface area (Å²) in [7, 11) is 1.71. The van der Waals surface area contributed by atoms with Crippen molar-refractivity contribution in [2.24, 2.45) is 7.05 Å². The van der Waals surface area contributed by atoms with E-state index in [0.717, 1.165) is 11.8 Å². The maximum Gasteiger partial charge on any atom is 0.307 e. The van der Waals surface area contributed by atoms with Gasteiger partial charge in [0, 0.05) is 25.4 Å². The highest BCUT2D eigenvalue weighted by atomic mass is 19.1. The van der Waals surface area contributed by atoms with E-state index in [4.69, 9.17) is 0 Å². The van der Waals surface area contributed by atoms with Crippen molar-refractivity contribution in [3.05, 3.63) is 51.8 Å². The number of aromatic nitrogens is 2. The molecule has 2 aromatic rings. The van der Waals surface area contributed by atoms with Crippen molar-refractivity contribution >= 4 is 11.4 Å². The predicted octanol–water partition coefficient (Wildman–Crippen LogP) is 2.22. The number of hydrogen-bond donors (Lipinski definition) is 1. The highest BCUT2D eigenvalue weighted by Gasteiger charge is 2.18. The second-order valence-electron chi connectivity index (χ2n) is 3.84. The Bertz CT molecular complexity index is 627. The number of hydrogen-bond acceptors (Lipinski definition) is 4. The molecule has 0 aliphatic heterocycles. The third-order valence-electron chi connectivity index (χ3n) is 2.62. The zero-order valence-corrected chi connectivity index (χ0v) is 9.93. The van der Waals surface area contributed by atoms with Gasteiger partial charge >= 0.3 is 5.69 Å². The van der Waals surface area contributed by atoms with Gasteiger partial charge in [0.25, 0.3) is 0 Å². The predicted molar refractivity (Wildman–Crippen MR) is 63.5 cm³/mol. The van der Waals surface area contributed by atoms with Crippen molar-refractivity contribution < 1.29 is 13.7 Å². The molecule has 0 fully saturated rings. The van der Waals surface area contributed by atoms with Crippen LogP contribution in [0.2, 0.25) is 0 Å². The van der Waals surface area contributed by atoms with Gasteiger partial charge in [-0.05, 0) is 6.07 Å². The molecule has 0 bridgehead atoms. The van der Waals surface area contributed by atoms with E-state index in [0.29, 0.717) is 6.07 Å². The summed E-state index contributed by atoms with van der Waals surface area (Å²) in [4.78, 5) is 9.67. The van der Waals surface area contributed by atoms with Gasteiger partial charge in [-0.15, -0.1) is 0 Å². The lowest BCUT2D eigenvalue weighted by molar-refractivity contribution is -0.387. The van der Waals surface area contributed by atoms with Gasteiger partial charge in [0.2, 0.25) is 5.82 Å². The first-order valence-electron chi connectivity index (χ1n) is 5.33. The van der Waals surface area contributed by atoms with Crippen LogP contribution in [0, 0.1) is 21.7 Å². The van der Waals surface area contributed by atoms with Crippen LogP contribution >= 0.6 is 0 Å². The van der Waals surface area contributed by atoms with Gasteiger partial charge in [-0.3, -0.25) is 14.8 Å². The second-order valence-corrected chi connectivity index (χ2v) is 3.84. The largest absolute Gasteiger partial charge is 0.377 e. The Balaban J connectivity index is 2.23. The van der Waals surface area contributed by atoms with E-state index in [9.17, 15) is 18.9 Å². The number of halogens is 2. The highest BCUT2D eigenvalue weighted by Crippen LogP contribution is 2.25. The van der Waals surface area contributed by atoms with E-state index in [1.807, 2.05) is 0 Å². The SMILES string of the molecule is Cn1nccc1CNc1cc([N+](=O)[O-])c(F)cc1F. The summed E-state index contributed by atoms with van der Waals surface area (Å²) in [5.74, 6) is -2.08. The minimum absolute atomic E-state index is 0.130. The van der Waals surface area contributed by atoms with E-state index in [-0.39, 0.29) is 12.2 Å². The summed E-state index contributed by atoms with van der Waals surface area (Å²) in [5, 5.41) is 17.2. The molecule has 0 unspecified atom stereocenters. The van der Waals surface area contributed by atoms with Crippen molar-refractivity contribution in [2.45, 2.75) is 6.54 Å². The van der Waals surface area contributed by atoms with Gasteiger partial charge in [0.1, 0.15) is 5.82 Å². The van der Waals surface area contributed by atoms with Crippen LogP contribution in [0.3, 0.4) is 0 Å². The summed E-state index contributed by atoms with van der Waals surface area (Å²) in [6, 6.07) is 3.04. The van der Waals surface area contributed by atoms with Crippen LogP contribution in [0.4, 0.5) is 20.2 Å². The zero-order valence-electron chi connectivity index (χ0n) is 9.93. The maximum absolute atomic E-state index is 13.5. The van der Waals surface area contributed by atoms with Crippen LogP contribution in [-0.4, -0.2) is 14.7 Å². The number of nitro groups is 1. The Labute approximate surface area is 106 Å². The topological polar surface area (TPSA) is 73.0 Å². The first-order chi connectivity index (χ1) is 8.99. The molecule has 6 nitrogen and oxygen atoms in total. The van der Waals surface area contributed by atoms with Crippen LogP contribution in [0.25, 0.3) is 0 Å². The molecule has 1 N–H and O–H groups in total. The highest BCUT2D eigenvalue weighted by molar-refractivity contribution is 5.53. The number of aryl methyl sites for hydroxylation is 1. The molecule has 1 aromatic heterocycles. The number of nitro benzene ring substituents is 1. The van der Waals surface area contributed by atoms with E-state index in [1.54, 1.807) is 24.0 Å². The lowest BCUT2D eigenvalue weighted by atomic mass is 10.2. The first-order valence-corrected chi connectivity index (χ1v) is 5.33. The van der Waals surface area contributed by atoms with Crippen molar-refractivity contribution in [3.63, 3.8) is 0 Å². The molecule has 0 radical (unpaired) electrons. The fraction of sp³-hybridized carbons (Fsp3) is 0.182. The molecule has 0 aliphatic carbocycles. The number of nitrogens with zero attached hydrogens (tertiary/aromatic N) is 3. The number of benzene rings is 1. The average Bonchev–Trinajstić information content (AvgIpc) is 2.73. The molecular formula is C11H10F2N4O2. The molecule has 8 heteroatoms. The zero-order chi connectivity index (χ0) is 14.0. The number of anilines is 1. The fourth-order valence-corrected chi connectivity index (χ4v) is 1.57. The van der Waals surface area contributed by atoms with E-state index in [2.05, 4.69) is 10.4 Å². The monoisotopic (exact) mass is 268 g/mol. The van der Waals surface area contributed by atoms with Gasteiger partial charge in [-0.1, -0.05) is 0 Å². The Hall–Kier alpha value is -2.51. The Kier molecular flexibility index (Phi) is 3.41. The molecule has 1 aromatic carbocycles. The van der Waals surface area contributed by atoms with Crippen LogP contribution in [0.15, 0.2) is 24.4 Å². The van der Waals surface area contributed by atoms with Gasteiger partial charge in [-0.2, -0.15) is 9.49 Å². The molecule has 0 saturated carbocycles. The Morgan fingerprint density at radius 2 is 2.16 bits per heavy atom. The molecule has 2 rings (SSSR count). The average molecular weight is 268 g/mol. The minimum Gasteiger partial charge on any atom is -0.377 e. The molecular weight excluding hydrogens is 258 g/mol.